The molecule has 1 N–H and O–H groups in total. The molecular weight excluding hydrogens is 272 g/mol. The van der Waals surface area contributed by atoms with Crippen molar-refractivity contribution in [2.24, 2.45) is 0 Å². The Kier molecular flexibility index (Phi) is 3.34. The monoisotopic (exact) mass is 292 g/mol. The molecule has 112 valence electrons. The van der Waals surface area contributed by atoms with Gasteiger partial charge in [0.2, 0.25) is 0 Å². The molecule has 0 aliphatic heterocycles. The van der Waals surface area contributed by atoms with Crippen LogP contribution in [-0.4, -0.2) is 14.7 Å². The van der Waals surface area contributed by atoms with Crippen molar-refractivity contribution in [3.63, 3.8) is 0 Å². The molecule has 3 heteroatoms. The quantitative estimate of drug-likeness (QED) is 0.728. The summed E-state index contributed by atoms with van der Waals surface area (Å²) in [6.07, 6.45) is 6.40. The fourth-order valence-corrected chi connectivity index (χ4v) is 3.57. The molecule has 0 atom stereocenters. The molecule has 2 aromatic carbocycles. The van der Waals surface area contributed by atoms with Crippen LogP contribution in [0.2, 0.25) is 0 Å². The van der Waals surface area contributed by atoms with Gasteiger partial charge in [0.25, 0.3) is 0 Å². The van der Waals surface area contributed by atoms with Gasteiger partial charge in [0.15, 0.2) is 0 Å². The second-order valence-corrected chi connectivity index (χ2v) is 6.13. The summed E-state index contributed by atoms with van der Waals surface area (Å²) in [7, 11) is 0. The minimum atomic E-state index is 0.295. The van der Waals surface area contributed by atoms with Gasteiger partial charge in [-0.05, 0) is 49.2 Å². The maximum atomic E-state index is 9.53. The smallest absolute Gasteiger partial charge is 0.141 e. The molecule has 22 heavy (non-hydrogen) atoms. The van der Waals surface area contributed by atoms with Crippen LogP contribution in [0.25, 0.3) is 22.4 Å². The molecule has 1 aliphatic rings. The number of benzene rings is 2. The van der Waals surface area contributed by atoms with Gasteiger partial charge in [-0.3, -0.25) is 0 Å². The summed E-state index contributed by atoms with van der Waals surface area (Å²) in [5.41, 5.74) is 3.34. The summed E-state index contributed by atoms with van der Waals surface area (Å²) >= 11 is 0. The molecule has 1 fully saturated rings. The number of hydrogen-bond acceptors (Lipinski definition) is 2. The fourth-order valence-electron chi connectivity index (χ4n) is 3.57. The number of phenolic OH excluding ortho intramolecular Hbond substituents is 1. The zero-order valence-corrected chi connectivity index (χ0v) is 12.6. The van der Waals surface area contributed by atoms with Crippen molar-refractivity contribution in [3.05, 3.63) is 48.5 Å². The standard InChI is InChI=1S/C19H20N2O/c22-16-12-10-14(11-13-16)19-20-17-8-4-5-9-18(17)21(19)15-6-2-1-3-7-15/h4-5,8-13,15,22H,1-3,6-7H2. The van der Waals surface area contributed by atoms with Gasteiger partial charge < -0.3 is 9.67 Å². The van der Waals surface area contributed by atoms with Crippen molar-refractivity contribution < 1.29 is 5.11 Å². The second-order valence-electron chi connectivity index (χ2n) is 6.13. The van der Waals surface area contributed by atoms with Gasteiger partial charge in [-0.1, -0.05) is 31.4 Å². The third kappa shape index (κ3) is 2.27. The molecule has 1 aliphatic carbocycles. The van der Waals surface area contributed by atoms with Crippen LogP contribution in [0.1, 0.15) is 38.1 Å². The first-order valence-electron chi connectivity index (χ1n) is 8.09. The first-order valence-corrected chi connectivity index (χ1v) is 8.09. The summed E-state index contributed by atoms with van der Waals surface area (Å²) < 4.78 is 2.42. The summed E-state index contributed by atoms with van der Waals surface area (Å²) in [5, 5.41) is 9.53. The number of fused-ring (bicyclic) bond motifs is 1. The van der Waals surface area contributed by atoms with Gasteiger partial charge in [-0.2, -0.15) is 0 Å². The van der Waals surface area contributed by atoms with Crippen molar-refractivity contribution in [3.8, 4) is 17.1 Å². The molecule has 1 saturated carbocycles. The highest BCUT2D eigenvalue weighted by Gasteiger charge is 2.21. The molecule has 1 aromatic heterocycles. The van der Waals surface area contributed by atoms with Gasteiger partial charge in [-0.25, -0.2) is 4.98 Å². The number of para-hydroxylation sites is 2. The average Bonchev–Trinajstić information content (AvgIpc) is 2.96. The van der Waals surface area contributed by atoms with Crippen LogP contribution >= 0.6 is 0 Å². The third-order valence-electron chi connectivity index (χ3n) is 4.66. The normalized spacial score (nSPS) is 16.2. The van der Waals surface area contributed by atoms with E-state index in [4.69, 9.17) is 4.98 Å². The third-order valence-corrected chi connectivity index (χ3v) is 4.66. The largest absolute Gasteiger partial charge is 0.508 e. The number of aromatic nitrogens is 2. The lowest BCUT2D eigenvalue weighted by Crippen LogP contribution is -2.13. The van der Waals surface area contributed by atoms with Crippen molar-refractivity contribution in [2.75, 3.05) is 0 Å². The van der Waals surface area contributed by atoms with E-state index in [1.807, 2.05) is 18.2 Å². The predicted molar refractivity (Wildman–Crippen MR) is 89.0 cm³/mol. The van der Waals surface area contributed by atoms with E-state index in [1.165, 1.54) is 37.6 Å². The van der Waals surface area contributed by atoms with Crippen LogP contribution in [0.5, 0.6) is 5.75 Å². The lowest BCUT2D eigenvalue weighted by Gasteiger charge is -2.25. The topological polar surface area (TPSA) is 38.1 Å². The molecule has 0 spiro atoms. The SMILES string of the molecule is Oc1ccc(-c2nc3ccccc3n2C2CCCCC2)cc1. The Bertz CT molecular complexity index is 783. The van der Waals surface area contributed by atoms with Gasteiger partial charge >= 0.3 is 0 Å². The average molecular weight is 292 g/mol. The molecular formula is C19H20N2O. The van der Waals surface area contributed by atoms with Crippen LogP contribution in [-0.2, 0) is 0 Å². The predicted octanol–water partition coefficient (Wildman–Crippen LogP) is 4.91. The first kappa shape index (κ1) is 13.4. The molecule has 3 aromatic rings. The highest BCUT2D eigenvalue weighted by molar-refractivity contribution is 5.81. The number of imidazole rings is 1. The summed E-state index contributed by atoms with van der Waals surface area (Å²) in [6, 6.07) is 16.3. The molecule has 0 amide bonds. The van der Waals surface area contributed by atoms with Gasteiger partial charge in [-0.15, -0.1) is 0 Å². The molecule has 0 unspecified atom stereocenters. The molecule has 3 nitrogen and oxygen atoms in total. The Labute approximate surface area is 130 Å². The van der Waals surface area contributed by atoms with E-state index >= 15 is 0 Å². The van der Waals surface area contributed by atoms with Crippen LogP contribution in [0.3, 0.4) is 0 Å². The Hall–Kier alpha value is -2.29. The fraction of sp³-hybridized carbons (Fsp3) is 0.316. The van der Waals surface area contributed by atoms with Crippen LogP contribution in [0.4, 0.5) is 0 Å². The van der Waals surface area contributed by atoms with Crippen molar-refractivity contribution in [2.45, 2.75) is 38.1 Å². The number of rotatable bonds is 2. The highest BCUT2D eigenvalue weighted by Crippen LogP contribution is 2.36. The Morgan fingerprint density at radius 2 is 1.64 bits per heavy atom. The summed E-state index contributed by atoms with van der Waals surface area (Å²) in [5.74, 6) is 1.32. The van der Waals surface area contributed by atoms with Crippen molar-refractivity contribution in [1.82, 2.24) is 9.55 Å². The van der Waals surface area contributed by atoms with Gasteiger partial charge in [0, 0.05) is 11.6 Å². The summed E-state index contributed by atoms with van der Waals surface area (Å²) in [4.78, 5) is 4.87. The number of nitrogens with zero attached hydrogens (tertiary/aromatic N) is 2. The number of aromatic hydroxyl groups is 1. The zero-order valence-electron chi connectivity index (χ0n) is 12.6. The Balaban J connectivity index is 1.90. The summed E-state index contributed by atoms with van der Waals surface area (Å²) in [6.45, 7) is 0. The van der Waals surface area contributed by atoms with Crippen LogP contribution < -0.4 is 0 Å². The minimum absolute atomic E-state index is 0.295. The Morgan fingerprint density at radius 3 is 2.41 bits per heavy atom. The molecule has 1 heterocycles. The number of hydrogen-bond donors (Lipinski definition) is 1. The lowest BCUT2D eigenvalue weighted by atomic mass is 9.95. The maximum Gasteiger partial charge on any atom is 0.141 e. The van der Waals surface area contributed by atoms with Crippen molar-refractivity contribution >= 4 is 11.0 Å². The van der Waals surface area contributed by atoms with E-state index in [0.717, 1.165) is 16.9 Å². The molecule has 4 rings (SSSR count). The highest BCUT2D eigenvalue weighted by atomic mass is 16.3. The zero-order chi connectivity index (χ0) is 14.9. The second kappa shape index (κ2) is 5.48. The first-order chi connectivity index (χ1) is 10.8. The van der Waals surface area contributed by atoms with E-state index in [2.05, 4.69) is 22.8 Å². The van der Waals surface area contributed by atoms with E-state index in [-0.39, 0.29) is 0 Å². The van der Waals surface area contributed by atoms with Crippen LogP contribution in [0, 0.1) is 0 Å². The number of phenols is 1. The van der Waals surface area contributed by atoms with E-state index in [0.29, 0.717) is 11.8 Å². The van der Waals surface area contributed by atoms with E-state index in [9.17, 15) is 5.11 Å². The Morgan fingerprint density at radius 1 is 0.909 bits per heavy atom. The minimum Gasteiger partial charge on any atom is -0.508 e. The molecule has 0 saturated heterocycles. The van der Waals surface area contributed by atoms with Gasteiger partial charge in [0.05, 0.1) is 11.0 Å². The van der Waals surface area contributed by atoms with Crippen molar-refractivity contribution in [1.29, 1.82) is 0 Å². The van der Waals surface area contributed by atoms with E-state index < -0.39 is 0 Å². The van der Waals surface area contributed by atoms with E-state index in [1.54, 1.807) is 12.1 Å². The maximum absolute atomic E-state index is 9.53. The lowest BCUT2D eigenvalue weighted by molar-refractivity contribution is 0.362. The van der Waals surface area contributed by atoms with Crippen LogP contribution in [0.15, 0.2) is 48.5 Å². The molecule has 0 radical (unpaired) electrons. The molecule has 0 bridgehead atoms. The van der Waals surface area contributed by atoms with Gasteiger partial charge in [0.1, 0.15) is 11.6 Å².